The van der Waals surface area contributed by atoms with E-state index in [0.717, 1.165) is 45.1 Å². The standard InChI is InChI=1S/C20H23N5O2/c26-20(25-13-17(14-25)23-7-9-27-10-8-23)18-11-16(21-22-18)12-24-6-5-15-3-1-2-4-19(15)24/h1-6,11,17H,7-10,12-14H2,(H,21,22). The number of likely N-dealkylation sites (tertiary alicyclic amines) is 1. The second-order valence-corrected chi connectivity index (χ2v) is 7.29. The third-order valence-electron chi connectivity index (χ3n) is 5.58. The van der Waals surface area contributed by atoms with Gasteiger partial charge in [0.05, 0.1) is 25.5 Å². The molecule has 2 fully saturated rings. The van der Waals surface area contributed by atoms with Crippen molar-refractivity contribution in [3.8, 4) is 0 Å². The number of aromatic amines is 1. The van der Waals surface area contributed by atoms with E-state index in [1.807, 2.05) is 23.1 Å². The van der Waals surface area contributed by atoms with Crippen LogP contribution in [0, 0.1) is 0 Å². The zero-order valence-corrected chi connectivity index (χ0v) is 15.2. The molecule has 1 aromatic carbocycles. The summed E-state index contributed by atoms with van der Waals surface area (Å²) in [6.07, 6.45) is 2.06. The number of benzene rings is 1. The Morgan fingerprint density at radius 2 is 2.00 bits per heavy atom. The van der Waals surface area contributed by atoms with E-state index in [2.05, 4.69) is 44.1 Å². The number of ether oxygens (including phenoxy) is 1. The molecule has 2 saturated heterocycles. The summed E-state index contributed by atoms with van der Waals surface area (Å²) in [5.74, 6) is 0.0133. The lowest BCUT2D eigenvalue weighted by molar-refractivity contribution is -0.0257. The molecule has 7 nitrogen and oxygen atoms in total. The van der Waals surface area contributed by atoms with Crippen molar-refractivity contribution < 1.29 is 9.53 Å². The second kappa shape index (κ2) is 6.83. The van der Waals surface area contributed by atoms with Crippen molar-refractivity contribution in [3.63, 3.8) is 0 Å². The Kier molecular flexibility index (Phi) is 4.18. The molecule has 1 N–H and O–H groups in total. The van der Waals surface area contributed by atoms with Crippen molar-refractivity contribution in [1.82, 2.24) is 24.6 Å². The molecule has 4 heterocycles. The first-order valence-corrected chi connectivity index (χ1v) is 9.47. The number of para-hydroxylation sites is 1. The second-order valence-electron chi connectivity index (χ2n) is 7.29. The first kappa shape index (κ1) is 16.5. The number of carbonyl (C=O) groups is 1. The Bertz CT molecular complexity index is 950. The molecule has 0 saturated carbocycles. The van der Waals surface area contributed by atoms with Crippen LogP contribution in [0.25, 0.3) is 10.9 Å². The third kappa shape index (κ3) is 3.13. The number of amides is 1. The van der Waals surface area contributed by atoms with Crippen LogP contribution in [-0.4, -0.2) is 75.9 Å². The Balaban J connectivity index is 1.22. The van der Waals surface area contributed by atoms with Gasteiger partial charge in [0.15, 0.2) is 0 Å². The highest BCUT2D eigenvalue weighted by Gasteiger charge is 2.36. The molecular weight excluding hydrogens is 342 g/mol. The fraction of sp³-hybridized carbons (Fsp3) is 0.400. The maximum atomic E-state index is 12.7. The Morgan fingerprint density at radius 3 is 2.85 bits per heavy atom. The van der Waals surface area contributed by atoms with E-state index >= 15 is 0 Å². The van der Waals surface area contributed by atoms with Crippen molar-refractivity contribution in [1.29, 1.82) is 0 Å². The summed E-state index contributed by atoms with van der Waals surface area (Å²) >= 11 is 0. The topological polar surface area (TPSA) is 66.4 Å². The molecule has 0 unspecified atom stereocenters. The molecule has 0 atom stereocenters. The Morgan fingerprint density at radius 1 is 1.19 bits per heavy atom. The number of nitrogens with one attached hydrogen (secondary N) is 1. The molecule has 5 rings (SSSR count). The summed E-state index contributed by atoms with van der Waals surface area (Å²) in [7, 11) is 0. The molecule has 0 aliphatic carbocycles. The van der Waals surface area contributed by atoms with Gasteiger partial charge in [-0.05, 0) is 23.6 Å². The normalized spacial score (nSPS) is 18.7. The highest BCUT2D eigenvalue weighted by molar-refractivity contribution is 5.93. The van der Waals surface area contributed by atoms with Gasteiger partial charge in [-0.25, -0.2) is 0 Å². The lowest BCUT2D eigenvalue weighted by Crippen LogP contribution is -2.62. The van der Waals surface area contributed by atoms with Gasteiger partial charge in [-0.3, -0.25) is 14.8 Å². The predicted molar refractivity (Wildman–Crippen MR) is 102 cm³/mol. The molecule has 27 heavy (non-hydrogen) atoms. The summed E-state index contributed by atoms with van der Waals surface area (Å²) in [6, 6.07) is 12.7. The van der Waals surface area contributed by atoms with Gasteiger partial charge in [-0.2, -0.15) is 5.10 Å². The monoisotopic (exact) mass is 365 g/mol. The maximum Gasteiger partial charge on any atom is 0.274 e. The summed E-state index contributed by atoms with van der Waals surface area (Å²) in [4.78, 5) is 17.0. The first-order chi connectivity index (χ1) is 13.3. The van der Waals surface area contributed by atoms with Crippen LogP contribution >= 0.6 is 0 Å². The predicted octanol–water partition coefficient (Wildman–Crippen LogP) is 1.57. The number of rotatable bonds is 4. The highest BCUT2D eigenvalue weighted by Crippen LogP contribution is 2.20. The summed E-state index contributed by atoms with van der Waals surface area (Å²) in [5, 5.41) is 8.49. The fourth-order valence-corrected chi connectivity index (χ4v) is 3.97. The number of morpholine rings is 1. The van der Waals surface area contributed by atoms with Crippen molar-refractivity contribution >= 4 is 16.8 Å². The SMILES string of the molecule is O=C(c1cc(Cn2ccc3ccccc32)[nH]n1)N1CC(N2CCOCC2)C1. The van der Waals surface area contributed by atoms with Crippen LogP contribution in [0.5, 0.6) is 0 Å². The largest absolute Gasteiger partial charge is 0.379 e. The number of nitrogens with zero attached hydrogens (tertiary/aromatic N) is 4. The van der Waals surface area contributed by atoms with Gasteiger partial charge in [0.25, 0.3) is 5.91 Å². The van der Waals surface area contributed by atoms with E-state index in [0.29, 0.717) is 18.3 Å². The number of hydrogen-bond acceptors (Lipinski definition) is 4. The van der Waals surface area contributed by atoms with Gasteiger partial charge >= 0.3 is 0 Å². The van der Waals surface area contributed by atoms with Crippen LogP contribution in [0.15, 0.2) is 42.6 Å². The van der Waals surface area contributed by atoms with Gasteiger partial charge in [0.2, 0.25) is 0 Å². The molecular formula is C20H23N5O2. The maximum absolute atomic E-state index is 12.7. The van der Waals surface area contributed by atoms with Gasteiger partial charge in [-0.15, -0.1) is 0 Å². The molecule has 0 bridgehead atoms. The molecule has 0 spiro atoms. The van der Waals surface area contributed by atoms with Crippen LogP contribution in [-0.2, 0) is 11.3 Å². The van der Waals surface area contributed by atoms with E-state index in [1.165, 1.54) is 10.9 Å². The molecule has 1 amide bonds. The molecule has 3 aromatic rings. The Labute approximate surface area is 157 Å². The molecule has 0 radical (unpaired) electrons. The van der Waals surface area contributed by atoms with Crippen molar-refractivity contribution in [2.45, 2.75) is 12.6 Å². The minimum atomic E-state index is 0.0133. The van der Waals surface area contributed by atoms with Crippen molar-refractivity contribution in [3.05, 3.63) is 54.0 Å². The van der Waals surface area contributed by atoms with E-state index in [9.17, 15) is 4.79 Å². The third-order valence-corrected chi connectivity index (χ3v) is 5.58. The Hall–Kier alpha value is -2.64. The average molecular weight is 365 g/mol. The fourth-order valence-electron chi connectivity index (χ4n) is 3.97. The van der Waals surface area contributed by atoms with Crippen LogP contribution in [0.4, 0.5) is 0 Å². The average Bonchev–Trinajstić information content (AvgIpc) is 3.29. The number of H-pyrrole nitrogens is 1. The minimum Gasteiger partial charge on any atom is -0.379 e. The highest BCUT2D eigenvalue weighted by atomic mass is 16.5. The number of hydrogen-bond donors (Lipinski definition) is 1. The van der Waals surface area contributed by atoms with E-state index in [-0.39, 0.29) is 5.91 Å². The van der Waals surface area contributed by atoms with Crippen LogP contribution in [0.2, 0.25) is 0 Å². The summed E-state index contributed by atoms with van der Waals surface area (Å²) in [5.41, 5.74) is 2.61. The van der Waals surface area contributed by atoms with Crippen LogP contribution in [0.1, 0.15) is 16.2 Å². The zero-order valence-electron chi connectivity index (χ0n) is 15.2. The number of carbonyl (C=O) groups excluding carboxylic acids is 1. The number of fused-ring (bicyclic) bond motifs is 1. The smallest absolute Gasteiger partial charge is 0.274 e. The first-order valence-electron chi connectivity index (χ1n) is 9.47. The quantitative estimate of drug-likeness (QED) is 0.762. The lowest BCUT2D eigenvalue weighted by Gasteiger charge is -2.46. The van der Waals surface area contributed by atoms with Crippen LogP contribution < -0.4 is 0 Å². The van der Waals surface area contributed by atoms with E-state index < -0.39 is 0 Å². The molecule has 2 aliphatic heterocycles. The van der Waals surface area contributed by atoms with Crippen molar-refractivity contribution in [2.24, 2.45) is 0 Å². The van der Waals surface area contributed by atoms with Crippen LogP contribution in [0.3, 0.4) is 0 Å². The zero-order chi connectivity index (χ0) is 18.2. The van der Waals surface area contributed by atoms with Gasteiger partial charge in [0.1, 0.15) is 5.69 Å². The molecule has 7 heteroatoms. The van der Waals surface area contributed by atoms with E-state index in [4.69, 9.17) is 4.74 Å². The van der Waals surface area contributed by atoms with Gasteiger partial charge in [-0.1, -0.05) is 18.2 Å². The minimum absolute atomic E-state index is 0.0133. The lowest BCUT2D eigenvalue weighted by atomic mass is 10.1. The molecule has 2 aliphatic rings. The van der Waals surface area contributed by atoms with Gasteiger partial charge < -0.3 is 14.2 Å². The molecule has 2 aromatic heterocycles. The molecule has 140 valence electrons. The van der Waals surface area contributed by atoms with Crippen molar-refractivity contribution in [2.75, 3.05) is 39.4 Å². The van der Waals surface area contributed by atoms with Gasteiger partial charge in [0, 0.05) is 43.9 Å². The number of aromatic nitrogens is 3. The summed E-state index contributed by atoms with van der Waals surface area (Å²) < 4.78 is 7.56. The summed E-state index contributed by atoms with van der Waals surface area (Å²) in [6.45, 7) is 5.74. The van der Waals surface area contributed by atoms with E-state index in [1.54, 1.807) is 0 Å².